The van der Waals surface area contributed by atoms with E-state index in [-0.39, 0.29) is 0 Å². The summed E-state index contributed by atoms with van der Waals surface area (Å²) >= 11 is 0. The maximum atomic E-state index is 3.77. The molecule has 1 N–H and O–H groups in total. The number of fused-ring (bicyclic) bond motifs is 1. The molecule has 0 bridgehead atoms. The minimum Gasteiger partial charge on any atom is -0.314 e. The summed E-state index contributed by atoms with van der Waals surface area (Å²) in [7, 11) is 0. The van der Waals surface area contributed by atoms with Crippen LogP contribution in [0.4, 0.5) is 0 Å². The lowest BCUT2D eigenvalue weighted by atomic mass is 9.87. The van der Waals surface area contributed by atoms with Gasteiger partial charge in [-0.2, -0.15) is 0 Å². The van der Waals surface area contributed by atoms with E-state index in [1.54, 1.807) is 5.56 Å². The second-order valence-electron chi connectivity index (χ2n) is 6.73. The van der Waals surface area contributed by atoms with Crippen LogP contribution in [0.15, 0.2) is 18.2 Å². The highest BCUT2D eigenvalue weighted by atomic mass is 14.9. The maximum Gasteiger partial charge on any atom is 0.0136 e. The Bertz CT molecular complexity index is 421. The summed E-state index contributed by atoms with van der Waals surface area (Å²) in [4.78, 5) is 0. The van der Waals surface area contributed by atoms with Gasteiger partial charge in [0.25, 0.3) is 0 Å². The van der Waals surface area contributed by atoms with Gasteiger partial charge >= 0.3 is 0 Å². The molecule has 1 heteroatoms. The summed E-state index contributed by atoms with van der Waals surface area (Å²) in [5.74, 6) is 3.09. The van der Waals surface area contributed by atoms with E-state index < -0.39 is 0 Å². The van der Waals surface area contributed by atoms with Crippen molar-refractivity contribution in [2.24, 2.45) is 17.8 Å². The Hall–Kier alpha value is -0.820. The first-order valence-corrected chi connectivity index (χ1v) is 7.97. The molecule has 0 spiro atoms. The Labute approximate surface area is 117 Å². The molecule has 19 heavy (non-hydrogen) atoms. The molecule has 0 amide bonds. The number of benzene rings is 1. The zero-order valence-electron chi connectivity index (χ0n) is 12.6. The lowest BCUT2D eigenvalue weighted by Gasteiger charge is -2.27. The molecule has 3 unspecified atom stereocenters. The van der Waals surface area contributed by atoms with Crippen LogP contribution in [0.25, 0.3) is 0 Å². The molecule has 0 saturated heterocycles. The minimum atomic E-state index is 0.692. The van der Waals surface area contributed by atoms with Gasteiger partial charge in [-0.1, -0.05) is 25.1 Å². The molecule has 1 aromatic rings. The zero-order chi connectivity index (χ0) is 13.4. The molecule has 2 fully saturated rings. The molecule has 3 rings (SSSR count). The molecule has 0 aliphatic heterocycles. The highest BCUT2D eigenvalue weighted by Crippen LogP contribution is 2.55. The number of hydrogen-bond donors (Lipinski definition) is 1. The van der Waals surface area contributed by atoms with Crippen LogP contribution >= 0.6 is 0 Å². The van der Waals surface area contributed by atoms with Crippen LogP contribution in [-0.4, -0.2) is 12.6 Å². The summed E-state index contributed by atoms with van der Waals surface area (Å²) < 4.78 is 0. The Morgan fingerprint density at radius 2 is 1.74 bits per heavy atom. The Morgan fingerprint density at radius 3 is 2.32 bits per heavy atom. The lowest BCUT2D eigenvalue weighted by molar-refractivity contribution is 0.336. The first-order chi connectivity index (χ1) is 9.19. The van der Waals surface area contributed by atoms with Crippen molar-refractivity contribution in [3.05, 3.63) is 34.9 Å². The molecule has 0 radical (unpaired) electrons. The van der Waals surface area contributed by atoms with Gasteiger partial charge in [0, 0.05) is 6.04 Å². The normalized spacial score (nSPS) is 30.2. The van der Waals surface area contributed by atoms with Gasteiger partial charge in [-0.05, 0) is 80.5 Å². The standard InChI is InChI=1S/C18H27N/c1-4-19-18(16-9-14-8-15(14)10-16)11-17-12(2)6-5-7-13(17)3/h5-7,14-16,18-19H,4,8-11H2,1-3H3. The van der Waals surface area contributed by atoms with Crippen LogP contribution < -0.4 is 5.32 Å². The van der Waals surface area contributed by atoms with Crippen molar-refractivity contribution >= 4 is 0 Å². The summed E-state index contributed by atoms with van der Waals surface area (Å²) in [6, 6.07) is 7.40. The van der Waals surface area contributed by atoms with Crippen LogP contribution in [0.3, 0.4) is 0 Å². The molecule has 0 aromatic heterocycles. The number of nitrogens with one attached hydrogen (secondary N) is 1. The summed E-state index contributed by atoms with van der Waals surface area (Å²) in [6.45, 7) is 7.86. The van der Waals surface area contributed by atoms with Crippen molar-refractivity contribution in [1.82, 2.24) is 5.32 Å². The Morgan fingerprint density at radius 1 is 1.11 bits per heavy atom. The fraction of sp³-hybridized carbons (Fsp3) is 0.667. The number of rotatable bonds is 5. The smallest absolute Gasteiger partial charge is 0.0136 e. The predicted octanol–water partition coefficient (Wildman–Crippen LogP) is 3.87. The van der Waals surface area contributed by atoms with E-state index in [2.05, 4.69) is 44.3 Å². The molecule has 2 saturated carbocycles. The largest absolute Gasteiger partial charge is 0.314 e. The van der Waals surface area contributed by atoms with E-state index in [4.69, 9.17) is 0 Å². The first-order valence-electron chi connectivity index (χ1n) is 7.97. The molecular weight excluding hydrogens is 230 g/mol. The Kier molecular flexibility index (Phi) is 3.66. The molecular formula is C18H27N. The van der Waals surface area contributed by atoms with Gasteiger partial charge in [0.2, 0.25) is 0 Å². The molecule has 1 nitrogen and oxygen atoms in total. The van der Waals surface area contributed by atoms with E-state index in [1.807, 2.05) is 0 Å². The van der Waals surface area contributed by atoms with E-state index in [1.165, 1.54) is 36.8 Å². The average molecular weight is 257 g/mol. The van der Waals surface area contributed by atoms with Crippen LogP contribution in [0.5, 0.6) is 0 Å². The van der Waals surface area contributed by atoms with Crippen molar-refractivity contribution in [3.63, 3.8) is 0 Å². The van der Waals surface area contributed by atoms with Gasteiger partial charge in [-0.3, -0.25) is 0 Å². The van der Waals surface area contributed by atoms with Gasteiger partial charge in [-0.15, -0.1) is 0 Å². The quantitative estimate of drug-likeness (QED) is 0.844. The van der Waals surface area contributed by atoms with E-state index >= 15 is 0 Å². The van der Waals surface area contributed by atoms with E-state index in [9.17, 15) is 0 Å². The second-order valence-corrected chi connectivity index (χ2v) is 6.73. The van der Waals surface area contributed by atoms with Crippen molar-refractivity contribution in [1.29, 1.82) is 0 Å². The molecule has 0 heterocycles. The Balaban J connectivity index is 1.73. The highest BCUT2D eigenvalue weighted by molar-refractivity contribution is 5.34. The fourth-order valence-corrected chi connectivity index (χ4v) is 4.15. The predicted molar refractivity (Wildman–Crippen MR) is 81.4 cm³/mol. The van der Waals surface area contributed by atoms with Crippen molar-refractivity contribution in [2.75, 3.05) is 6.54 Å². The third-order valence-electron chi connectivity index (χ3n) is 5.38. The van der Waals surface area contributed by atoms with Crippen LogP contribution in [0, 0.1) is 31.6 Å². The topological polar surface area (TPSA) is 12.0 Å². The van der Waals surface area contributed by atoms with Gasteiger partial charge in [0.1, 0.15) is 0 Å². The minimum absolute atomic E-state index is 0.692. The third kappa shape index (κ3) is 2.72. The van der Waals surface area contributed by atoms with Crippen LogP contribution in [-0.2, 0) is 6.42 Å². The number of hydrogen-bond acceptors (Lipinski definition) is 1. The third-order valence-corrected chi connectivity index (χ3v) is 5.38. The van der Waals surface area contributed by atoms with Crippen molar-refractivity contribution in [3.8, 4) is 0 Å². The summed E-state index contributed by atoms with van der Waals surface area (Å²) in [5, 5.41) is 3.77. The van der Waals surface area contributed by atoms with E-state index in [0.717, 1.165) is 24.3 Å². The van der Waals surface area contributed by atoms with Crippen LogP contribution in [0.1, 0.15) is 42.9 Å². The molecule has 104 valence electrons. The molecule has 2 aliphatic carbocycles. The van der Waals surface area contributed by atoms with Crippen molar-refractivity contribution in [2.45, 2.75) is 52.5 Å². The summed E-state index contributed by atoms with van der Waals surface area (Å²) in [6.07, 6.45) is 5.70. The average Bonchev–Trinajstić information content (AvgIpc) is 2.99. The summed E-state index contributed by atoms with van der Waals surface area (Å²) in [5.41, 5.74) is 4.51. The van der Waals surface area contributed by atoms with Crippen LogP contribution in [0.2, 0.25) is 0 Å². The highest BCUT2D eigenvalue weighted by Gasteiger charge is 2.47. The zero-order valence-corrected chi connectivity index (χ0v) is 12.6. The maximum absolute atomic E-state index is 3.77. The van der Waals surface area contributed by atoms with E-state index in [0.29, 0.717) is 6.04 Å². The van der Waals surface area contributed by atoms with Gasteiger partial charge in [-0.25, -0.2) is 0 Å². The van der Waals surface area contributed by atoms with Gasteiger partial charge in [0.05, 0.1) is 0 Å². The monoisotopic (exact) mass is 257 g/mol. The van der Waals surface area contributed by atoms with Crippen molar-refractivity contribution < 1.29 is 0 Å². The van der Waals surface area contributed by atoms with Gasteiger partial charge in [0.15, 0.2) is 0 Å². The SMILES string of the molecule is CCNC(Cc1c(C)cccc1C)C1CC2CC2C1. The first kappa shape index (κ1) is 13.2. The molecule has 3 atom stereocenters. The number of likely N-dealkylation sites (N-methyl/N-ethyl adjacent to an activating group) is 1. The molecule has 1 aromatic carbocycles. The fourth-order valence-electron chi connectivity index (χ4n) is 4.15. The van der Waals surface area contributed by atoms with Gasteiger partial charge < -0.3 is 5.32 Å². The lowest BCUT2D eigenvalue weighted by Crippen LogP contribution is -2.37. The molecule has 2 aliphatic rings. The number of aryl methyl sites for hydroxylation is 2. The second kappa shape index (κ2) is 5.28.